The van der Waals surface area contributed by atoms with Crippen LogP contribution < -0.4 is 0 Å². The van der Waals surface area contributed by atoms with Crippen molar-refractivity contribution >= 4 is 17.2 Å². The third kappa shape index (κ3) is 3.90. The number of aliphatic hydroxyl groups excluding tert-OH is 1. The minimum absolute atomic E-state index is 0.238. The van der Waals surface area contributed by atoms with Crippen molar-refractivity contribution in [2.24, 2.45) is 5.41 Å². The molecule has 6 nitrogen and oxygen atoms in total. The minimum atomic E-state index is -4.82. The molecule has 0 amide bonds. The van der Waals surface area contributed by atoms with Crippen molar-refractivity contribution in [3.8, 4) is 6.07 Å². The summed E-state index contributed by atoms with van der Waals surface area (Å²) in [5, 5.41) is 30.2. The summed E-state index contributed by atoms with van der Waals surface area (Å²) in [6, 6.07) is 2.87. The van der Waals surface area contributed by atoms with Gasteiger partial charge in [-0.25, -0.2) is 0 Å². The zero-order chi connectivity index (χ0) is 18.9. The molecule has 0 heterocycles. The van der Waals surface area contributed by atoms with Crippen LogP contribution in [0.4, 0.5) is 18.9 Å². The molecular formula is C15H13F3N2O4. The Hall–Kier alpha value is -2.89. The Morgan fingerprint density at radius 2 is 1.83 bits per heavy atom. The summed E-state index contributed by atoms with van der Waals surface area (Å²) >= 11 is 0. The van der Waals surface area contributed by atoms with Gasteiger partial charge in [0.15, 0.2) is 11.5 Å². The first-order chi connectivity index (χ1) is 10.8. The lowest BCUT2D eigenvalue weighted by Crippen LogP contribution is -2.22. The first-order valence-electron chi connectivity index (χ1n) is 6.55. The number of carbonyl (C=O) groups excluding carboxylic acids is 1. The van der Waals surface area contributed by atoms with Gasteiger partial charge >= 0.3 is 6.18 Å². The Morgan fingerprint density at radius 1 is 1.29 bits per heavy atom. The lowest BCUT2D eigenvalue weighted by molar-refractivity contribution is -0.385. The van der Waals surface area contributed by atoms with Crippen molar-refractivity contribution in [1.82, 2.24) is 0 Å². The third-order valence-corrected chi connectivity index (χ3v) is 3.03. The van der Waals surface area contributed by atoms with Crippen LogP contribution in [-0.4, -0.2) is 15.8 Å². The Kier molecular flexibility index (Phi) is 5.04. The molecule has 0 fully saturated rings. The lowest BCUT2D eigenvalue weighted by atomic mass is 9.85. The standard InChI is InChI=1S/C15H13F3N2O4/c1-14(2,3)13(22)10(7-19)12(21)9-5-4-8(15(16,17)18)6-11(9)20(23)24/h4-6,21H,1-3H3. The topological polar surface area (TPSA) is 104 Å². The maximum absolute atomic E-state index is 12.7. The summed E-state index contributed by atoms with van der Waals surface area (Å²) < 4.78 is 38.0. The van der Waals surface area contributed by atoms with Gasteiger partial charge < -0.3 is 5.11 Å². The average Bonchev–Trinajstić information content (AvgIpc) is 2.45. The van der Waals surface area contributed by atoms with Gasteiger partial charge in [-0.15, -0.1) is 0 Å². The van der Waals surface area contributed by atoms with Gasteiger partial charge in [0.1, 0.15) is 11.6 Å². The predicted molar refractivity (Wildman–Crippen MR) is 77.7 cm³/mol. The van der Waals surface area contributed by atoms with Crippen molar-refractivity contribution in [1.29, 1.82) is 5.26 Å². The van der Waals surface area contributed by atoms with E-state index in [0.717, 1.165) is 0 Å². The molecule has 0 saturated heterocycles. The molecule has 1 aromatic carbocycles. The molecule has 0 spiro atoms. The van der Waals surface area contributed by atoms with Crippen LogP contribution in [-0.2, 0) is 11.0 Å². The monoisotopic (exact) mass is 342 g/mol. The fraction of sp³-hybridized carbons (Fsp3) is 0.333. The number of alkyl halides is 3. The molecule has 0 aromatic heterocycles. The predicted octanol–water partition coefficient (Wildman–Crippen LogP) is 4.02. The smallest absolute Gasteiger partial charge is 0.416 e. The van der Waals surface area contributed by atoms with Gasteiger partial charge in [0.2, 0.25) is 0 Å². The van der Waals surface area contributed by atoms with E-state index in [1.807, 2.05) is 0 Å². The zero-order valence-corrected chi connectivity index (χ0v) is 12.9. The molecule has 0 bridgehead atoms. The van der Waals surface area contributed by atoms with Gasteiger partial charge in [-0.2, -0.15) is 18.4 Å². The van der Waals surface area contributed by atoms with Gasteiger partial charge in [0, 0.05) is 11.5 Å². The molecule has 9 heteroatoms. The van der Waals surface area contributed by atoms with Gasteiger partial charge in [0.25, 0.3) is 5.69 Å². The van der Waals surface area contributed by atoms with Crippen molar-refractivity contribution in [3.05, 3.63) is 45.0 Å². The third-order valence-electron chi connectivity index (χ3n) is 3.03. The number of nitrogens with zero attached hydrogens (tertiary/aromatic N) is 2. The molecule has 0 saturated carbocycles. The Morgan fingerprint density at radius 3 is 2.21 bits per heavy atom. The summed E-state index contributed by atoms with van der Waals surface area (Å²) in [6.45, 7) is 4.38. The lowest BCUT2D eigenvalue weighted by Gasteiger charge is -2.16. The summed E-state index contributed by atoms with van der Waals surface area (Å²) in [7, 11) is 0. The molecule has 0 aliphatic carbocycles. The summed E-state index contributed by atoms with van der Waals surface area (Å²) in [4.78, 5) is 22.0. The Bertz CT molecular complexity index is 768. The summed E-state index contributed by atoms with van der Waals surface area (Å²) in [6.07, 6.45) is -4.82. The highest BCUT2D eigenvalue weighted by Crippen LogP contribution is 2.36. The van der Waals surface area contributed by atoms with E-state index in [2.05, 4.69) is 0 Å². The Labute approximate surface area is 135 Å². The highest BCUT2D eigenvalue weighted by Gasteiger charge is 2.35. The second kappa shape index (κ2) is 6.31. The van der Waals surface area contributed by atoms with E-state index in [1.54, 1.807) is 0 Å². The molecular weight excluding hydrogens is 329 g/mol. The number of rotatable bonds is 3. The van der Waals surface area contributed by atoms with E-state index in [9.17, 15) is 33.2 Å². The molecule has 1 N–H and O–H groups in total. The quantitative estimate of drug-likeness (QED) is 0.294. The van der Waals surface area contributed by atoms with Crippen molar-refractivity contribution < 1.29 is 28.0 Å². The number of halogens is 3. The number of aliphatic hydroxyl groups is 1. The molecule has 0 atom stereocenters. The SMILES string of the molecule is CC(C)(C)C(=O)C(C#N)=C(O)c1ccc(C(F)(F)F)cc1[N+](=O)[O-]. The summed E-state index contributed by atoms with van der Waals surface area (Å²) in [5.41, 5.74) is -4.81. The number of nitro groups is 1. The fourth-order valence-corrected chi connectivity index (χ4v) is 1.78. The van der Waals surface area contributed by atoms with Gasteiger partial charge in [-0.1, -0.05) is 20.8 Å². The van der Waals surface area contributed by atoms with Crippen molar-refractivity contribution in [2.45, 2.75) is 26.9 Å². The van der Waals surface area contributed by atoms with E-state index in [-0.39, 0.29) is 6.07 Å². The number of hydrogen-bond acceptors (Lipinski definition) is 5. The van der Waals surface area contributed by atoms with Gasteiger partial charge in [-0.05, 0) is 12.1 Å². The van der Waals surface area contributed by atoms with Crippen molar-refractivity contribution in [2.75, 3.05) is 0 Å². The highest BCUT2D eigenvalue weighted by atomic mass is 19.4. The maximum Gasteiger partial charge on any atom is 0.416 e. The fourth-order valence-electron chi connectivity index (χ4n) is 1.78. The first kappa shape index (κ1) is 19.2. The number of hydrogen-bond donors (Lipinski definition) is 1. The van der Waals surface area contributed by atoms with E-state index >= 15 is 0 Å². The largest absolute Gasteiger partial charge is 0.506 e. The molecule has 1 rings (SSSR count). The molecule has 128 valence electrons. The average molecular weight is 342 g/mol. The molecule has 0 unspecified atom stereocenters. The zero-order valence-electron chi connectivity index (χ0n) is 12.9. The van der Waals surface area contributed by atoms with Crippen LogP contribution in [0.5, 0.6) is 0 Å². The maximum atomic E-state index is 12.7. The van der Waals surface area contributed by atoms with Gasteiger partial charge in [-0.3, -0.25) is 14.9 Å². The highest BCUT2D eigenvalue weighted by molar-refractivity contribution is 6.08. The number of ketones is 1. The molecule has 0 radical (unpaired) electrons. The summed E-state index contributed by atoms with van der Waals surface area (Å²) in [5.74, 6) is -1.82. The van der Waals surface area contributed by atoms with Crippen LogP contribution in [0, 0.1) is 26.9 Å². The number of allylic oxidation sites excluding steroid dienone is 1. The number of carbonyl (C=O) groups is 1. The molecule has 0 aliphatic heterocycles. The van der Waals surface area contributed by atoms with Crippen LogP contribution in [0.2, 0.25) is 0 Å². The normalized spacial score (nSPS) is 13.0. The van der Waals surface area contributed by atoms with E-state index < -0.39 is 50.4 Å². The van der Waals surface area contributed by atoms with Gasteiger partial charge in [0.05, 0.1) is 16.1 Å². The van der Waals surface area contributed by atoms with Crippen LogP contribution in [0.15, 0.2) is 23.8 Å². The first-order valence-corrected chi connectivity index (χ1v) is 6.55. The molecule has 24 heavy (non-hydrogen) atoms. The number of nitro benzene ring substituents is 1. The van der Waals surface area contributed by atoms with E-state index in [4.69, 9.17) is 5.26 Å². The minimum Gasteiger partial charge on any atom is -0.506 e. The van der Waals surface area contributed by atoms with Crippen LogP contribution >= 0.6 is 0 Å². The van der Waals surface area contributed by atoms with Crippen LogP contribution in [0.1, 0.15) is 31.9 Å². The molecule has 0 aliphatic rings. The van der Waals surface area contributed by atoms with E-state index in [1.165, 1.54) is 26.8 Å². The van der Waals surface area contributed by atoms with Crippen LogP contribution in [0.25, 0.3) is 5.76 Å². The number of Topliss-reactive ketones (excluding diaryl/α,β-unsaturated/α-hetero) is 1. The van der Waals surface area contributed by atoms with Crippen LogP contribution in [0.3, 0.4) is 0 Å². The van der Waals surface area contributed by atoms with E-state index in [0.29, 0.717) is 12.1 Å². The molecule has 1 aromatic rings. The second-order valence-electron chi connectivity index (χ2n) is 5.90. The van der Waals surface area contributed by atoms with Crippen molar-refractivity contribution in [3.63, 3.8) is 0 Å². The number of benzene rings is 1. The number of nitriles is 1. The second-order valence-corrected chi connectivity index (χ2v) is 5.90. The Balaban J connectivity index is 3.66.